The predicted octanol–water partition coefficient (Wildman–Crippen LogP) is 2.79. The van der Waals surface area contributed by atoms with Crippen molar-refractivity contribution in [3.05, 3.63) is 36.0 Å². The number of aliphatic hydroxyl groups is 1. The molecule has 1 aromatic carbocycles. The Morgan fingerprint density at radius 2 is 2.14 bits per heavy atom. The largest absolute Gasteiger partial charge is 0.385 e. The Bertz CT molecular complexity index is 442. The molecule has 0 fully saturated rings. The molecule has 1 heterocycles. The molecule has 0 aliphatic carbocycles. The standard InChI is InChI=1S/C12H15NO/c1-3-12(2,14)10-5-4-6-11-9(10)7-8-13-11/h4-8,13-14H,3H2,1-2H3. The van der Waals surface area contributed by atoms with E-state index in [0.717, 1.165) is 22.9 Å². The van der Waals surface area contributed by atoms with E-state index in [2.05, 4.69) is 4.98 Å². The van der Waals surface area contributed by atoms with Gasteiger partial charge in [0.2, 0.25) is 0 Å². The van der Waals surface area contributed by atoms with Crippen molar-refractivity contribution in [3.8, 4) is 0 Å². The summed E-state index contributed by atoms with van der Waals surface area (Å²) < 4.78 is 0. The zero-order valence-electron chi connectivity index (χ0n) is 8.54. The fourth-order valence-corrected chi connectivity index (χ4v) is 1.75. The van der Waals surface area contributed by atoms with Gasteiger partial charge in [0.05, 0.1) is 5.60 Å². The number of fused-ring (bicyclic) bond motifs is 1. The molecular weight excluding hydrogens is 174 g/mol. The summed E-state index contributed by atoms with van der Waals surface area (Å²) in [6.07, 6.45) is 2.62. The fraction of sp³-hybridized carbons (Fsp3) is 0.333. The molecule has 2 rings (SSSR count). The molecular formula is C12H15NO. The third-order valence-electron chi connectivity index (χ3n) is 2.86. The van der Waals surface area contributed by atoms with Crippen LogP contribution in [0.4, 0.5) is 0 Å². The van der Waals surface area contributed by atoms with Crippen molar-refractivity contribution in [3.63, 3.8) is 0 Å². The van der Waals surface area contributed by atoms with Gasteiger partial charge in [0.1, 0.15) is 0 Å². The van der Waals surface area contributed by atoms with Gasteiger partial charge in [-0.25, -0.2) is 0 Å². The summed E-state index contributed by atoms with van der Waals surface area (Å²) in [6.45, 7) is 3.85. The molecule has 2 nitrogen and oxygen atoms in total. The monoisotopic (exact) mass is 189 g/mol. The van der Waals surface area contributed by atoms with Gasteiger partial charge in [-0.2, -0.15) is 0 Å². The molecule has 74 valence electrons. The summed E-state index contributed by atoms with van der Waals surface area (Å²) in [5, 5.41) is 11.3. The van der Waals surface area contributed by atoms with Gasteiger partial charge in [-0.15, -0.1) is 0 Å². The second-order valence-corrected chi connectivity index (χ2v) is 3.87. The van der Waals surface area contributed by atoms with Crippen LogP contribution in [0.2, 0.25) is 0 Å². The number of aromatic nitrogens is 1. The number of hydrogen-bond acceptors (Lipinski definition) is 1. The van der Waals surface area contributed by atoms with Gasteiger partial charge < -0.3 is 10.1 Å². The van der Waals surface area contributed by atoms with Crippen LogP contribution in [0.1, 0.15) is 25.8 Å². The summed E-state index contributed by atoms with van der Waals surface area (Å²) in [5.41, 5.74) is 1.34. The van der Waals surface area contributed by atoms with Gasteiger partial charge in [0.15, 0.2) is 0 Å². The molecule has 2 N–H and O–H groups in total. The lowest BCUT2D eigenvalue weighted by Crippen LogP contribution is -2.19. The molecule has 0 amide bonds. The van der Waals surface area contributed by atoms with Crippen molar-refractivity contribution in [2.24, 2.45) is 0 Å². The van der Waals surface area contributed by atoms with E-state index in [9.17, 15) is 5.11 Å². The van der Waals surface area contributed by atoms with Gasteiger partial charge in [0, 0.05) is 17.1 Å². The highest BCUT2D eigenvalue weighted by Crippen LogP contribution is 2.30. The third kappa shape index (κ3) is 1.32. The normalized spacial score (nSPS) is 15.6. The molecule has 0 aliphatic rings. The molecule has 0 radical (unpaired) electrons. The number of aromatic amines is 1. The summed E-state index contributed by atoms with van der Waals surface area (Å²) in [5.74, 6) is 0. The first-order valence-electron chi connectivity index (χ1n) is 4.94. The van der Waals surface area contributed by atoms with E-state index in [4.69, 9.17) is 0 Å². The van der Waals surface area contributed by atoms with Gasteiger partial charge in [-0.3, -0.25) is 0 Å². The zero-order valence-corrected chi connectivity index (χ0v) is 8.54. The lowest BCUT2D eigenvalue weighted by Gasteiger charge is -2.22. The Morgan fingerprint density at radius 3 is 2.86 bits per heavy atom. The van der Waals surface area contributed by atoms with E-state index in [-0.39, 0.29) is 0 Å². The lowest BCUT2D eigenvalue weighted by molar-refractivity contribution is 0.0546. The van der Waals surface area contributed by atoms with Crippen LogP contribution in [0.5, 0.6) is 0 Å². The number of H-pyrrole nitrogens is 1. The van der Waals surface area contributed by atoms with Crippen LogP contribution in [0.25, 0.3) is 10.9 Å². The molecule has 14 heavy (non-hydrogen) atoms. The van der Waals surface area contributed by atoms with Gasteiger partial charge in [-0.1, -0.05) is 19.1 Å². The van der Waals surface area contributed by atoms with E-state index in [1.165, 1.54) is 0 Å². The topological polar surface area (TPSA) is 36.0 Å². The van der Waals surface area contributed by atoms with E-state index in [0.29, 0.717) is 0 Å². The molecule has 1 aromatic heterocycles. The van der Waals surface area contributed by atoms with Crippen molar-refractivity contribution >= 4 is 10.9 Å². The van der Waals surface area contributed by atoms with Crippen molar-refractivity contribution in [2.45, 2.75) is 25.9 Å². The van der Waals surface area contributed by atoms with Crippen molar-refractivity contribution in [2.75, 3.05) is 0 Å². The minimum atomic E-state index is -0.734. The van der Waals surface area contributed by atoms with Gasteiger partial charge >= 0.3 is 0 Å². The highest BCUT2D eigenvalue weighted by Gasteiger charge is 2.22. The summed E-state index contributed by atoms with van der Waals surface area (Å²) in [6, 6.07) is 7.98. The van der Waals surface area contributed by atoms with E-state index in [1.54, 1.807) is 0 Å². The number of nitrogens with one attached hydrogen (secondary N) is 1. The molecule has 1 unspecified atom stereocenters. The maximum absolute atomic E-state index is 10.2. The highest BCUT2D eigenvalue weighted by atomic mass is 16.3. The Hall–Kier alpha value is -1.28. The summed E-state index contributed by atoms with van der Waals surface area (Å²) >= 11 is 0. The second kappa shape index (κ2) is 3.14. The number of hydrogen-bond donors (Lipinski definition) is 2. The third-order valence-corrected chi connectivity index (χ3v) is 2.86. The lowest BCUT2D eigenvalue weighted by atomic mass is 9.91. The van der Waals surface area contributed by atoms with Crippen LogP contribution in [-0.2, 0) is 5.60 Å². The minimum absolute atomic E-state index is 0.720. The van der Waals surface area contributed by atoms with Crippen LogP contribution >= 0.6 is 0 Å². The first-order valence-corrected chi connectivity index (χ1v) is 4.94. The molecule has 0 saturated heterocycles. The van der Waals surface area contributed by atoms with Gasteiger partial charge in [-0.05, 0) is 31.0 Å². The highest BCUT2D eigenvalue weighted by molar-refractivity contribution is 5.83. The average Bonchev–Trinajstić information content (AvgIpc) is 2.64. The number of rotatable bonds is 2. The minimum Gasteiger partial charge on any atom is -0.385 e. The Morgan fingerprint density at radius 1 is 1.36 bits per heavy atom. The number of benzene rings is 1. The van der Waals surface area contributed by atoms with E-state index in [1.807, 2.05) is 44.3 Å². The first-order chi connectivity index (χ1) is 6.65. The van der Waals surface area contributed by atoms with E-state index < -0.39 is 5.60 Å². The predicted molar refractivity (Wildman–Crippen MR) is 58.2 cm³/mol. The molecule has 0 bridgehead atoms. The van der Waals surface area contributed by atoms with E-state index >= 15 is 0 Å². The molecule has 2 heteroatoms. The first kappa shape index (κ1) is 9.28. The molecule has 0 aliphatic heterocycles. The SMILES string of the molecule is CCC(C)(O)c1cccc2[nH]ccc12. The smallest absolute Gasteiger partial charge is 0.0872 e. The van der Waals surface area contributed by atoms with Crippen molar-refractivity contribution in [1.29, 1.82) is 0 Å². The quantitative estimate of drug-likeness (QED) is 0.748. The molecule has 1 atom stereocenters. The van der Waals surface area contributed by atoms with Crippen LogP contribution < -0.4 is 0 Å². The van der Waals surface area contributed by atoms with Crippen molar-refractivity contribution in [1.82, 2.24) is 4.98 Å². The fourth-order valence-electron chi connectivity index (χ4n) is 1.75. The van der Waals surface area contributed by atoms with Crippen LogP contribution in [0.3, 0.4) is 0 Å². The maximum Gasteiger partial charge on any atom is 0.0872 e. The van der Waals surface area contributed by atoms with Crippen LogP contribution in [0.15, 0.2) is 30.5 Å². The molecule has 2 aromatic rings. The Balaban J connectivity index is 2.67. The summed E-state index contributed by atoms with van der Waals surface area (Å²) in [7, 11) is 0. The molecule has 0 spiro atoms. The Kier molecular flexibility index (Phi) is 2.08. The van der Waals surface area contributed by atoms with Crippen molar-refractivity contribution < 1.29 is 5.11 Å². The molecule has 0 saturated carbocycles. The second-order valence-electron chi connectivity index (χ2n) is 3.87. The summed E-state index contributed by atoms with van der Waals surface area (Å²) in [4.78, 5) is 3.15. The van der Waals surface area contributed by atoms with Crippen LogP contribution in [-0.4, -0.2) is 10.1 Å². The average molecular weight is 189 g/mol. The zero-order chi connectivity index (χ0) is 10.2. The van der Waals surface area contributed by atoms with Crippen LogP contribution in [0, 0.1) is 0 Å². The Labute approximate surface area is 83.6 Å². The van der Waals surface area contributed by atoms with Gasteiger partial charge in [0.25, 0.3) is 0 Å². The maximum atomic E-state index is 10.2.